The highest BCUT2D eigenvalue weighted by atomic mass is 35.5. The number of hydrogen-bond donors (Lipinski definition) is 2. The van der Waals surface area contributed by atoms with Crippen LogP contribution in [-0.4, -0.2) is 15.0 Å². The van der Waals surface area contributed by atoms with Gasteiger partial charge in [-0.05, 0) is 59.6 Å². The smallest absolute Gasteiger partial charge is 0.238 e. The lowest BCUT2D eigenvalue weighted by atomic mass is 10.0. The molecule has 0 amide bonds. The van der Waals surface area contributed by atoms with Crippen LogP contribution < -0.4 is 10.5 Å². The number of sulfonamides is 1. The van der Waals surface area contributed by atoms with Crippen molar-refractivity contribution in [3.63, 3.8) is 0 Å². The van der Waals surface area contributed by atoms with Crippen LogP contribution in [0, 0.1) is 18.3 Å². The van der Waals surface area contributed by atoms with Crippen molar-refractivity contribution in [1.82, 2.24) is 0 Å². The maximum absolute atomic E-state index is 11.4. The number of primary sulfonamides is 1. The number of hydrogen-bond acceptors (Lipinski definition) is 3. The zero-order chi connectivity index (χ0) is 18.4. The van der Waals surface area contributed by atoms with E-state index in [0.717, 1.165) is 28.4 Å². The van der Waals surface area contributed by atoms with Gasteiger partial charge in [-0.1, -0.05) is 43.6 Å². The Morgan fingerprint density at radius 2 is 1.80 bits per heavy atom. The lowest BCUT2D eigenvalue weighted by Crippen LogP contribution is -2.11. The van der Waals surface area contributed by atoms with Gasteiger partial charge in [-0.2, -0.15) is 0 Å². The van der Waals surface area contributed by atoms with Crippen LogP contribution in [0.1, 0.15) is 30.9 Å². The van der Waals surface area contributed by atoms with E-state index in [1.807, 2.05) is 30.3 Å². The van der Waals surface area contributed by atoms with E-state index in [-0.39, 0.29) is 10.3 Å². The highest BCUT2D eigenvalue weighted by Gasteiger charge is 2.57. The fourth-order valence-electron chi connectivity index (χ4n) is 3.66. The van der Waals surface area contributed by atoms with Gasteiger partial charge in [-0.15, -0.1) is 0 Å². The highest BCUT2D eigenvalue weighted by Crippen LogP contribution is 2.64. The first kappa shape index (κ1) is 18.2. The number of anilines is 1. The van der Waals surface area contributed by atoms with E-state index in [2.05, 4.69) is 26.1 Å². The van der Waals surface area contributed by atoms with E-state index in [1.54, 1.807) is 12.1 Å². The molecule has 6 heteroatoms. The van der Waals surface area contributed by atoms with Gasteiger partial charge in [0.15, 0.2) is 0 Å². The molecule has 0 spiro atoms. The molecule has 0 bridgehead atoms. The zero-order valence-electron chi connectivity index (χ0n) is 14.6. The molecule has 1 fully saturated rings. The van der Waals surface area contributed by atoms with Gasteiger partial charge < -0.3 is 5.32 Å². The number of aryl methyl sites for hydroxylation is 1. The Balaban J connectivity index is 1.73. The normalized spacial score (nSPS) is 21.8. The molecule has 0 aliphatic heterocycles. The van der Waals surface area contributed by atoms with Crippen LogP contribution in [-0.2, 0) is 10.0 Å². The van der Waals surface area contributed by atoms with Gasteiger partial charge in [0.2, 0.25) is 10.0 Å². The molecule has 3 N–H and O–H groups in total. The van der Waals surface area contributed by atoms with Crippen LogP contribution in [0.3, 0.4) is 0 Å². The van der Waals surface area contributed by atoms with Gasteiger partial charge in [0.25, 0.3) is 0 Å². The molecule has 0 heterocycles. The number of halogens is 1. The van der Waals surface area contributed by atoms with Crippen molar-refractivity contribution < 1.29 is 8.42 Å². The van der Waals surface area contributed by atoms with Crippen molar-refractivity contribution in [3.8, 4) is 0 Å². The summed E-state index contributed by atoms with van der Waals surface area (Å²) < 4.78 is 22.8. The third kappa shape index (κ3) is 3.68. The minimum absolute atomic E-state index is 0.152. The molecule has 3 rings (SSSR count). The second kappa shape index (κ2) is 6.31. The quantitative estimate of drug-likeness (QED) is 0.820. The number of benzene rings is 2. The van der Waals surface area contributed by atoms with Gasteiger partial charge in [0.05, 0.1) is 4.90 Å². The average Bonchev–Trinajstić information content (AvgIpc) is 3.08. The fourth-order valence-corrected chi connectivity index (χ4v) is 4.34. The highest BCUT2D eigenvalue weighted by molar-refractivity contribution is 7.89. The van der Waals surface area contributed by atoms with Crippen LogP contribution in [0.4, 0.5) is 5.69 Å². The molecule has 1 saturated carbocycles. The molecule has 0 unspecified atom stereocenters. The Labute approximate surface area is 154 Å². The molecular weight excluding hydrogens is 356 g/mol. The van der Waals surface area contributed by atoms with E-state index in [1.165, 1.54) is 0 Å². The summed E-state index contributed by atoms with van der Waals surface area (Å²) in [6, 6.07) is 12.8. The minimum atomic E-state index is -3.65. The van der Waals surface area contributed by atoms with Crippen molar-refractivity contribution in [3.05, 3.63) is 58.6 Å². The molecule has 2 atom stereocenters. The van der Waals surface area contributed by atoms with Gasteiger partial charge in [0, 0.05) is 17.3 Å². The Morgan fingerprint density at radius 3 is 2.40 bits per heavy atom. The summed E-state index contributed by atoms with van der Waals surface area (Å²) in [5.41, 5.74) is 3.52. The lowest BCUT2D eigenvalue weighted by Gasteiger charge is -2.10. The first-order valence-electron chi connectivity index (χ1n) is 8.23. The monoisotopic (exact) mass is 378 g/mol. The standard InChI is InChI=1S/C19H23ClN2O2S/c1-12-4-7-14(20)10-17(12)22-11-16-18(19(16,2)3)13-5-8-15(9-6-13)25(21,23)24/h4-10,16,18,22H,11H2,1-3H3,(H2,21,23,24)/t16-,18-/m0/s1. The summed E-state index contributed by atoms with van der Waals surface area (Å²) >= 11 is 6.08. The van der Waals surface area contributed by atoms with E-state index in [4.69, 9.17) is 16.7 Å². The van der Waals surface area contributed by atoms with Gasteiger partial charge in [0.1, 0.15) is 0 Å². The number of nitrogens with two attached hydrogens (primary N) is 1. The zero-order valence-corrected chi connectivity index (χ0v) is 16.2. The Hall–Kier alpha value is -1.56. The number of rotatable bonds is 5. The van der Waals surface area contributed by atoms with Crippen LogP contribution in [0.5, 0.6) is 0 Å². The minimum Gasteiger partial charge on any atom is -0.384 e. The SMILES string of the molecule is Cc1ccc(Cl)cc1NC[C@H]1[C@H](c2ccc(S(N)(=O)=O)cc2)C1(C)C. The Morgan fingerprint density at radius 1 is 1.16 bits per heavy atom. The molecule has 0 saturated heterocycles. The van der Waals surface area contributed by atoms with Gasteiger partial charge in [-0.25, -0.2) is 13.6 Å². The van der Waals surface area contributed by atoms with Crippen molar-refractivity contribution in [1.29, 1.82) is 0 Å². The van der Waals surface area contributed by atoms with E-state index in [0.29, 0.717) is 11.8 Å². The first-order valence-corrected chi connectivity index (χ1v) is 10.2. The molecule has 0 aromatic heterocycles. The van der Waals surface area contributed by atoms with Gasteiger partial charge in [-0.3, -0.25) is 0 Å². The molecule has 134 valence electrons. The largest absolute Gasteiger partial charge is 0.384 e. The van der Waals surface area contributed by atoms with Crippen LogP contribution >= 0.6 is 11.6 Å². The first-order chi connectivity index (χ1) is 11.6. The average molecular weight is 379 g/mol. The van der Waals surface area contributed by atoms with Crippen molar-refractivity contribution in [2.24, 2.45) is 16.5 Å². The molecule has 0 radical (unpaired) electrons. The second-order valence-electron chi connectivity index (χ2n) is 7.36. The number of nitrogens with one attached hydrogen (secondary N) is 1. The predicted molar refractivity (Wildman–Crippen MR) is 103 cm³/mol. The molecule has 4 nitrogen and oxygen atoms in total. The second-order valence-corrected chi connectivity index (χ2v) is 9.36. The topological polar surface area (TPSA) is 72.2 Å². The summed E-state index contributed by atoms with van der Waals surface area (Å²) in [7, 11) is -3.65. The van der Waals surface area contributed by atoms with E-state index >= 15 is 0 Å². The fraction of sp³-hybridized carbons (Fsp3) is 0.368. The lowest BCUT2D eigenvalue weighted by molar-refractivity contribution is 0.565. The maximum Gasteiger partial charge on any atom is 0.238 e. The molecular formula is C19H23ClN2O2S. The predicted octanol–water partition coefficient (Wildman–Crippen LogP) is 4.15. The third-order valence-electron chi connectivity index (χ3n) is 5.33. The van der Waals surface area contributed by atoms with E-state index < -0.39 is 10.0 Å². The Bertz CT molecular complexity index is 892. The third-order valence-corrected chi connectivity index (χ3v) is 6.49. The summed E-state index contributed by atoms with van der Waals surface area (Å²) in [5.74, 6) is 0.847. The molecule has 1 aliphatic rings. The van der Waals surface area contributed by atoms with Crippen LogP contribution in [0.25, 0.3) is 0 Å². The summed E-state index contributed by atoms with van der Waals surface area (Å²) in [6.07, 6.45) is 0. The molecule has 25 heavy (non-hydrogen) atoms. The molecule has 1 aliphatic carbocycles. The molecule has 2 aromatic carbocycles. The van der Waals surface area contributed by atoms with Crippen molar-refractivity contribution in [2.45, 2.75) is 31.6 Å². The van der Waals surface area contributed by atoms with Crippen LogP contribution in [0.15, 0.2) is 47.4 Å². The van der Waals surface area contributed by atoms with Gasteiger partial charge >= 0.3 is 0 Å². The van der Waals surface area contributed by atoms with E-state index in [9.17, 15) is 8.42 Å². The maximum atomic E-state index is 11.4. The van der Waals surface area contributed by atoms with Crippen molar-refractivity contribution >= 4 is 27.3 Å². The summed E-state index contributed by atoms with van der Waals surface area (Å²) in [6.45, 7) is 7.38. The Kier molecular flexibility index (Phi) is 4.60. The summed E-state index contributed by atoms with van der Waals surface area (Å²) in [5, 5.41) is 9.40. The van der Waals surface area contributed by atoms with Crippen LogP contribution in [0.2, 0.25) is 5.02 Å². The molecule has 2 aromatic rings. The summed E-state index contributed by atoms with van der Waals surface area (Å²) in [4.78, 5) is 0.152. The van der Waals surface area contributed by atoms with Crippen molar-refractivity contribution in [2.75, 3.05) is 11.9 Å².